The van der Waals surface area contributed by atoms with E-state index < -0.39 is 29.4 Å². The van der Waals surface area contributed by atoms with Gasteiger partial charge in [-0.25, -0.2) is 18.0 Å². The Labute approximate surface area is 136 Å². The Hall–Kier alpha value is -2.34. The zero-order chi connectivity index (χ0) is 17.5. The number of carboxylic acids is 1. The third-order valence-electron chi connectivity index (χ3n) is 4.47. The molecule has 0 spiro atoms. The maximum absolute atomic E-state index is 14.3. The number of hydrogen-bond acceptors (Lipinski definition) is 2. The van der Waals surface area contributed by atoms with E-state index in [-0.39, 0.29) is 18.4 Å². The van der Waals surface area contributed by atoms with Crippen molar-refractivity contribution in [1.29, 1.82) is 0 Å². The fourth-order valence-corrected chi connectivity index (χ4v) is 3.07. The number of carbonyl (C=O) groups is 1. The van der Waals surface area contributed by atoms with Gasteiger partial charge < -0.3 is 10.2 Å². The van der Waals surface area contributed by atoms with E-state index in [9.17, 15) is 23.1 Å². The van der Waals surface area contributed by atoms with Gasteiger partial charge >= 0.3 is 5.97 Å². The molecule has 6 heteroatoms. The van der Waals surface area contributed by atoms with Crippen LogP contribution in [0, 0.1) is 5.82 Å². The average Bonchev–Trinajstić information content (AvgIpc) is 2.54. The number of aliphatic carboxylic acids is 1. The smallest absolute Gasteiger partial charge is 0.336 e. The van der Waals surface area contributed by atoms with Gasteiger partial charge in [0.05, 0.1) is 5.56 Å². The Balaban J connectivity index is 2.00. The van der Waals surface area contributed by atoms with Crippen molar-refractivity contribution in [3.8, 4) is 11.1 Å². The molecule has 1 aliphatic carbocycles. The molecular formula is C18H15F3O3. The summed E-state index contributed by atoms with van der Waals surface area (Å²) in [6.45, 7) is 0. The molecule has 1 aliphatic rings. The first-order valence-corrected chi connectivity index (χ1v) is 7.46. The number of fused-ring (bicyclic) bond motifs is 1. The van der Waals surface area contributed by atoms with Crippen molar-refractivity contribution in [3.63, 3.8) is 0 Å². The van der Waals surface area contributed by atoms with Crippen molar-refractivity contribution in [2.24, 2.45) is 0 Å². The molecule has 0 fully saturated rings. The molecule has 0 bridgehead atoms. The second-order valence-corrected chi connectivity index (χ2v) is 6.01. The summed E-state index contributed by atoms with van der Waals surface area (Å²) >= 11 is 0. The molecule has 24 heavy (non-hydrogen) atoms. The van der Waals surface area contributed by atoms with Gasteiger partial charge in [-0.05, 0) is 29.5 Å². The molecule has 0 saturated carbocycles. The molecule has 1 unspecified atom stereocenters. The highest BCUT2D eigenvalue weighted by Gasteiger charge is 2.39. The predicted molar refractivity (Wildman–Crippen MR) is 81.4 cm³/mol. The van der Waals surface area contributed by atoms with Gasteiger partial charge in [0, 0.05) is 12.0 Å². The number of carboxylic acid groups (broad SMARTS) is 1. The minimum absolute atomic E-state index is 0.0303. The lowest BCUT2D eigenvalue weighted by atomic mass is 9.79. The van der Waals surface area contributed by atoms with Crippen molar-refractivity contribution in [2.75, 3.05) is 0 Å². The Bertz CT molecular complexity index is 804. The standard InChI is InChI=1S/C18H15F3O3/c19-15-13(2-1-3-14(15)16(20)21)11-4-5-12-9-18(24,17(22)23)7-6-10(12)8-11/h1-5,8,16,24H,6-7,9H2,(H,22,23). The van der Waals surface area contributed by atoms with E-state index in [0.29, 0.717) is 17.5 Å². The van der Waals surface area contributed by atoms with E-state index in [0.717, 1.165) is 11.6 Å². The molecule has 0 heterocycles. The zero-order valence-electron chi connectivity index (χ0n) is 12.6. The van der Waals surface area contributed by atoms with Crippen LogP contribution in [-0.2, 0) is 17.6 Å². The van der Waals surface area contributed by atoms with E-state index in [1.54, 1.807) is 18.2 Å². The van der Waals surface area contributed by atoms with Crippen LogP contribution in [0.5, 0.6) is 0 Å². The quantitative estimate of drug-likeness (QED) is 0.898. The molecule has 0 radical (unpaired) electrons. The Morgan fingerprint density at radius 3 is 2.58 bits per heavy atom. The lowest BCUT2D eigenvalue weighted by Crippen LogP contribution is -2.43. The van der Waals surface area contributed by atoms with E-state index in [1.165, 1.54) is 12.1 Å². The molecular weight excluding hydrogens is 321 g/mol. The fraction of sp³-hybridized carbons (Fsp3) is 0.278. The summed E-state index contributed by atoms with van der Waals surface area (Å²) in [5.74, 6) is -2.22. The first kappa shape index (κ1) is 16.5. The third-order valence-corrected chi connectivity index (χ3v) is 4.47. The van der Waals surface area contributed by atoms with Crippen molar-refractivity contribution >= 4 is 5.97 Å². The summed E-state index contributed by atoms with van der Waals surface area (Å²) < 4.78 is 39.9. The molecule has 2 N–H and O–H groups in total. The normalized spacial score (nSPS) is 20.0. The highest BCUT2D eigenvalue weighted by Crippen LogP contribution is 2.34. The van der Waals surface area contributed by atoms with Crippen LogP contribution in [0.4, 0.5) is 13.2 Å². The second kappa shape index (κ2) is 5.94. The number of halogens is 3. The SMILES string of the molecule is O=C(O)C1(O)CCc2cc(-c3cccc(C(F)F)c3F)ccc2C1. The van der Waals surface area contributed by atoms with Crippen LogP contribution < -0.4 is 0 Å². The van der Waals surface area contributed by atoms with Crippen molar-refractivity contribution in [2.45, 2.75) is 31.3 Å². The summed E-state index contributed by atoms with van der Waals surface area (Å²) in [6.07, 6.45) is -2.55. The molecule has 0 aromatic heterocycles. The van der Waals surface area contributed by atoms with Crippen LogP contribution in [0.2, 0.25) is 0 Å². The van der Waals surface area contributed by atoms with Crippen molar-refractivity contribution in [1.82, 2.24) is 0 Å². The molecule has 0 amide bonds. The van der Waals surface area contributed by atoms with Gasteiger partial charge in [0.15, 0.2) is 5.60 Å². The van der Waals surface area contributed by atoms with Gasteiger partial charge in [0.25, 0.3) is 6.43 Å². The zero-order valence-corrected chi connectivity index (χ0v) is 12.6. The predicted octanol–water partition coefficient (Wildman–Crippen LogP) is 3.73. The molecule has 2 aromatic rings. The highest BCUT2D eigenvalue weighted by atomic mass is 19.3. The maximum Gasteiger partial charge on any atom is 0.336 e. The van der Waals surface area contributed by atoms with Gasteiger partial charge in [0.2, 0.25) is 0 Å². The number of aryl methyl sites for hydroxylation is 1. The summed E-state index contributed by atoms with van der Waals surface area (Å²) in [7, 11) is 0. The molecule has 2 aromatic carbocycles. The average molecular weight is 336 g/mol. The minimum atomic E-state index is -2.90. The topological polar surface area (TPSA) is 57.5 Å². The molecule has 0 saturated heterocycles. The Morgan fingerprint density at radius 1 is 1.17 bits per heavy atom. The summed E-state index contributed by atoms with van der Waals surface area (Å²) in [6, 6.07) is 8.70. The van der Waals surface area contributed by atoms with Gasteiger partial charge in [-0.1, -0.05) is 36.4 Å². The fourth-order valence-electron chi connectivity index (χ4n) is 3.07. The molecule has 3 nitrogen and oxygen atoms in total. The minimum Gasteiger partial charge on any atom is -0.479 e. The van der Waals surface area contributed by atoms with Crippen LogP contribution in [0.15, 0.2) is 36.4 Å². The van der Waals surface area contributed by atoms with E-state index in [1.807, 2.05) is 0 Å². The Morgan fingerprint density at radius 2 is 1.92 bits per heavy atom. The number of alkyl halides is 2. The van der Waals surface area contributed by atoms with Crippen molar-refractivity contribution < 1.29 is 28.2 Å². The van der Waals surface area contributed by atoms with Crippen LogP contribution in [0.3, 0.4) is 0 Å². The number of hydrogen-bond donors (Lipinski definition) is 2. The van der Waals surface area contributed by atoms with Crippen molar-refractivity contribution in [3.05, 3.63) is 58.9 Å². The number of benzene rings is 2. The number of rotatable bonds is 3. The van der Waals surface area contributed by atoms with Gasteiger partial charge in [-0.3, -0.25) is 0 Å². The Kier molecular flexibility index (Phi) is 4.09. The third kappa shape index (κ3) is 2.78. The number of aliphatic hydroxyl groups is 1. The van der Waals surface area contributed by atoms with Gasteiger partial charge in [0.1, 0.15) is 5.82 Å². The maximum atomic E-state index is 14.3. The molecule has 0 aliphatic heterocycles. The lowest BCUT2D eigenvalue weighted by Gasteiger charge is -2.30. The van der Waals surface area contributed by atoms with E-state index in [4.69, 9.17) is 5.11 Å². The first-order valence-electron chi connectivity index (χ1n) is 7.46. The summed E-state index contributed by atoms with van der Waals surface area (Å²) in [5, 5.41) is 19.2. The highest BCUT2D eigenvalue weighted by molar-refractivity contribution is 5.78. The molecule has 1 atom stereocenters. The van der Waals surface area contributed by atoms with Crippen LogP contribution >= 0.6 is 0 Å². The second-order valence-electron chi connectivity index (χ2n) is 6.01. The lowest BCUT2D eigenvalue weighted by molar-refractivity contribution is -0.159. The first-order chi connectivity index (χ1) is 11.3. The van der Waals surface area contributed by atoms with Crippen LogP contribution in [0.1, 0.15) is 29.5 Å². The molecule has 126 valence electrons. The summed E-state index contributed by atoms with van der Waals surface area (Å²) in [4.78, 5) is 11.1. The van der Waals surface area contributed by atoms with Gasteiger partial charge in [-0.15, -0.1) is 0 Å². The van der Waals surface area contributed by atoms with E-state index >= 15 is 0 Å². The summed E-state index contributed by atoms with van der Waals surface area (Å²) in [5.41, 5.74) is -0.453. The van der Waals surface area contributed by atoms with E-state index in [2.05, 4.69) is 0 Å². The molecule has 3 rings (SSSR count). The van der Waals surface area contributed by atoms with Gasteiger partial charge in [-0.2, -0.15) is 0 Å². The monoisotopic (exact) mass is 336 g/mol. The van der Waals surface area contributed by atoms with Crippen LogP contribution in [-0.4, -0.2) is 21.8 Å². The largest absolute Gasteiger partial charge is 0.479 e. The van der Waals surface area contributed by atoms with Crippen LogP contribution in [0.25, 0.3) is 11.1 Å².